The van der Waals surface area contributed by atoms with Crippen LogP contribution in [0.15, 0.2) is 23.1 Å². The molecule has 0 aliphatic carbocycles. The van der Waals surface area contributed by atoms with E-state index in [1.165, 1.54) is 6.07 Å². The molecule has 1 atom stereocenters. The fourth-order valence-corrected chi connectivity index (χ4v) is 5.38. The molecule has 0 amide bonds. The summed E-state index contributed by atoms with van der Waals surface area (Å²) in [6, 6.07) is 4.99. The minimum absolute atomic E-state index is 0. The molecule has 9 heteroatoms. The number of halogens is 1. The van der Waals surface area contributed by atoms with E-state index in [1.807, 2.05) is 0 Å². The number of hydrogen-bond donors (Lipinski definition) is 1. The molecule has 152 valence electrons. The first-order valence-corrected chi connectivity index (χ1v) is 10.6. The number of nitrogens with zero attached hydrogens (tertiary/aromatic N) is 2. The number of piperazine rings is 1. The van der Waals surface area contributed by atoms with E-state index >= 15 is 0 Å². The van der Waals surface area contributed by atoms with Gasteiger partial charge in [-0.05, 0) is 38.0 Å². The molecule has 27 heavy (non-hydrogen) atoms. The molecule has 2 aliphatic heterocycles. The van der Waals surface area contributed by atoms with E-state index in [2.05, 4.69) is 10.2 Å². The highest BCUT2D eigenvalue weighted by atomic mass is 35.5. The number of aryl methyl sites for hydroxylation is 1. The smallest absolute Gasteiger partial charge is 0.338 e. The quantitative estimate of drug-likeness (QED) is 0.726. The monoisotopic (exact) mass is 417 g/mol. The average molecular weight is 418 g/mol. The third-order valence-electron chi connectivity index (χ3n) is 5.11. The Balaban J connectivity index is 0.00000261. The number of hydrogen-bond acceptors (Lipinski definition) is 6. The zero-order valence-corrected chi connectivity index (χ0v) is 17.4. The summed E-state index contributed by atoms with van der Waals surface area (Å²) in [5.41, 5.74) is 0.914. The third-order valence-corrected chi connectivity index (χ3v) is 7.12. The van der Waals surface area contributed by atoms with Crippen LogP contribution in [-0.4, -0.2) is 75.5 Å². The van der Waals surface area contributed by atoms with E-state index in [1.54, 1.807) is 30.3 Å². The number of ether oxygens (including phenoxy) is 1. The van der Waals surface area contributed by atoms with Crippen LogP contribution < -0.4 is 5.32 Å². The Morgan fingerprint density at radius 3 is 2.63 bits per heavy atom. The van der Waals surface area contributed by atoms with Crippen LogP contribution in [0.4, 0.5) is 0 Å². The van der Waals surface area contributed by atoms with Crippen LogP contribution in [0, 0.1) is 6.92 Å². The van der Waals surface area contributed by atoms with Crippen molar-refractivity contribution in [2.24, 2.45) is 0 Å². The number of rotatable bonds is 5. The highest BCUT2D eigenvalue weighted by Gasteiger charge is 2.36. The van der Waals surface area contributed by atoms with Crippen LogP contribution in [0.2, 0.25) is 0 Å². The first-order chi connectivity index (χ1) is 12.4. The van der Waals surface area contributed by atoms with Crippen molar-refractivity contribution in [3.05, 3.63) is 29.3 Å². The van der Waals surface area contributed by atoms with Gasteiger partial charge in [-0.3, -0.25) is 4.90 Å². The van der Waals surface area contributed by atoms with Gasteiger partial charge in [0.25, 0.3) is 0 Å². The van der Waals surface area contributed by atoms with Crippen LogP contribution in [0.25, 0.3) is 0 Å². The predicted molar refractivity (Wildman–Crippen MR) is 106 cm³/mol. The Morgan fingerprint density at radius 2 is 1.96 bits per heavy atom. The molecule has 3 rings (SSSR count). The highest BCUT2D eigenvalue weighted by Crippen LogP contribution is 2.27. The highest BCUT2D eigenvalue weighted by molar-refractivity contribution is 7.89. The lowest BCUT2D eigenvalue weighted by Gasteiger charge is -2.32. The third kappa shape index (κ3) is 4.81. The van der Waals surface area contributed by atoms with Crippen LogP contribution in [0.3, 0.4) is 0 Å². The second-order valence-corrected chi connectivity index (χ2v) is 8.70. The Hall–Kier alpha value is -1.19. The first-order valence-electron chi connectivity index (χ1n) is 9.16. The lowest BCUT2D eigenvalue weighted by Crippen LogP contribution is -2.49. The molecular formula is C18H28ClN3O4S. The van der Waals surface area contributed by atoms with Gasteiger partial charge in [0.2, 0.25) is 10.0 Å². The van der Waals surface area contributed by atoms with Crippen molar-refractivity contribution in [1.82, 2.24) is 14.5 Å². The topological polar surface area (TPSA) is 79.0 Å². The van der Waals surface area contributed by atoms with Gasteiger partial charge in [0.1, 0.15) is 0 Å². The van der Waals surface area contributed by atoms with E-state index < -0.39 is 16.0 Å². The Kier molecular flexibility index (Phi) is 7.64. The Labute approximate surface area is 167 Å². The minimum Gasteiger partial charge on any atom is -0.462 e. The van der Waals surface area contributed by atoms with E-state index in [9.17, 15) is 13.2 Å². The van der Waals surface area contributed by atoms with Crippen molar-refractivity contribution < 1.29 is 17.9 Å². The fraction of sp³-hybridized carbons (Fsp3) is 0.611. The molecule has 1 unspecified atom stereocenters. The summed E-state index contributed by atoms with van der Waals surface area (Å²) in [4.78, 5) is 14.5. The van der Waals surface area contributed by atoms with Gasteiger partial charge in [0, 0.05) is 45.3 Å². The van der Waals surface area contributed by atoms with Gasteiger partial charge in [0.05, 0.1) is 17.1 Å². The summed E-state index contributed by atoms with van der Waals surface area (Å²) in [5, 5.41) is 3.32. The molecule has 0 spiro atoms. The van der Waals surface area contributed by atoms with Gasteiger partial charge in [0.15, 0.2) is 0 Å². The lowest BCUT2D eigenvalue weighted by atomic mass is 10.1. The summed E-state index contributed by atoms with van der Waals surface area (Å²) in [7, 11) is -3.63. The van der Waals surface area contributed by atoms with Crippen molar-refractivity contribution in [1.29, 1.82) is 0 Å². The van der Waals surface area contributed by atoms with Crippen molar-refractivity contribution in [3.63, 3.8) is 0 Å². The fourth-order valence-electron chi connectivity index (χ4n) is 3.63. The zero-order valence-electron chi connectivity index (χ0n) is 15.8. The zero-order chi connectivity index (χ0) is 18.7. The number of sulfonamides is 1. The SMILES string of the molecule is CCOC(=O)c1ccc(C)c(S(=O)(=O)N2CCC(N3CCNCC3)C2)c1.Cl. The largest absolute Gasteiger partial charge is 0.462 e. The second kappa shape index (κ2) is 9.34. The predicted octanol–water partition coefficient (Wildman–Crippen LogP) is 1.26. The summed E-state index contributed by atoms with van der Waals surface area (Å²) in [5.74, 6) is -0.496. The molecule has 0 aromatic heterocycles. The van der Waals surface area contributed by atoms with Crippen LogP contribution in [0.1, 0.15) is 29.3 Å². The van der Waals surface area contributed by atoms with Crippen molar-refractivity contribution in [3.8, 4) is 0 Å². The Bertz CT molecular complexity index is 766. The molecule has 2 fully saturated rings. The molecule has 2 heterocycles. The molecule has 1 N–H and O–H groups in total. The first kappa shape index (κ1) is 22.1. The summed E-state index contributed by atoms with van der Waals surface area (Å²) in [6.07, 6.45) is 0.843. The van der Waals surface area contributed by atoms with Gasteiger partial charge in [-0.2, -0.15) is 4.31 Å². The summed E-state index contributed by atoms with van der Waals surface area (Å²) >= 11 is 0. The number of benzene rings is 1. The van der Waals surface area contributed by atoms with Crippen LogP contribution in [-0.2, 0) is 14.8 Å². The van der Waals surface area contributed by atoms with E-state index in [0.717, 1.165) is 32.6 Å². The van der Waals surface area contributed by atoms with Crippen molar-refractivity contribution >= 4 is 28.4 Å². The number of nitrogens with one attached hydrogen (secondary N) is 1. The molecule has 0 saturated carbocycles. The average Bonchev–Trinajstić information content (AvgIpc) is 3.14. The maximum atomic E-state index is 13.2. The van der Waals surface area contributed by atoms with Gasteiger partial charge in [-0.1, -0.05) is 6.07 Å². The van der Waals surface area contributed by atoms with Crippen molar-refractivity contribution in [2.45, 2.75) is 31.2 Å². The molecule has 1 aromatic rings. The molecule has 2 aliphatic rings. The normalized spacial score (nSPS) is 21.6. The molecule has 7 nitrogen and oxygen atoms in total. The molecule has 2 saturated heterocycles. The standard InChI is InChI=1S/C18H27N3O4S.ClH/c1-3-25-18(22)15-5-4-14(2)17(12-15)26(23,24)21-9-6-16(13-21)20-10-7-19-8-11-20;/h4-5,12,16,19H,3,6-11,13H2,1-2H3;1H. The maximum Gasteiger partial charge on any atom is 0.338 e. The molecular weight excluding hydrogens is 390 g/mol. The maximum absolute atomic E-state index is 13.2. The number of esters is 1. The molecule has 1 aromatic carbocycles. The number of carbonyl (C=O) groups excluding carboxylic acids is 1. The Morgan fingerprint density at radius 1 is 1.26 bits per heavy atom. The summed E-state index contributed by atoms with van der Waals surface area (Å²) in [6.45, 7) is 8.56. The number of carbonyl (C=O) groups is 1. The summed E-state index contributed by atoms with van der Waals surface area (Å²) < 4.78 is 32.9. The lowest BCUT2D eigenvalue weighted by molar-refractivity contribution is 0.0526. The van der Waals surface area contributed by atoms with E-state index in [-0.39, 0.29) is 35.5 Å². The molecule has 0 radical (unpaired) electrons. The van der Waals surface area contributed by atoms with E-state index in [4.69, 9.17) is 4.74 Å². The van der Waals surface area contributed by atoms with Crippen molar-refractivity contribution in [2.75, 3.05) is 45.9 Å². The van der Waals surface area contributed by atoms with E-state index in [0.29, 0.717) is 18.7 Å². The van der Waals surface area contributed by atoms with Gasteiger partial charge < -0.3 is 10.1 Å². The molecule has 0 bridgehead atoms. The minimum atomic E-state index is -3.63. The van der Waals surface area contributed by atoms with Gasteiger partial charge in [-0.15, -0.1) is 12.4 Å². The van der Waals surface area contributed by atoms with Gasteiger partial charge >= 0.3 is 5.97 Å². The van der Waals surface area contributed by atoms with Gasteiger partial charge in [-0.25, -0.2) is 13.2 Å². The van der Waals surface area contributed by atoms with Crippen LogP contribution in [0.5, 0.6) is 0 Å². The second-order valence-electron chi connectivity index (χ2n) is 6.79. The van der Waals surface area contributed by atoms with Crippen LogP contribution >= 0.6 is 12.4 Å².